The van der Waals surface area contributed by atoms with E-state index in [0.717, 1.165) is 0 Å². The number of aliphatic hydroxyl groups excluding tert-OH is 1. The molecule has 0 rings (SSSR count). The van der Waals surface area contributed by atoms with Gasteiger partial charge in [0.25, 0.3) is 0 Å². The summed E-state index contributed by atoms with van der Waals surface area (Å²) in [6.07, 6.45) is 2.12. The molecule has 3 heteroatoms. The van der Waals surface area contributed by atoms with E-state index in [4.69, 9.17) is 9.84 Å². The lowest BCUT2D eigenvalue weighted by molar-refractivity contribution is 0.228. The molecule has 0 radical (unpaired) electrons. The molecule has 0 bridgehead atoms. The maximum atomic E-state index is 8.47. The van der Waals surface area contributed by atoms with Crippen LogP contribution in [0, 0.1) is 0 Å². The number of aliphatic hydroxyl groups is 1. The fourth-order valence-electron chi connectivity index (χ4n) is 0.566. The molecule has 0 saturated carbocycles. The van der Waals surface area contributed by atoms with Gasteiger partial charge >= 0.3 is 0 Å². The van der Waals surface area contributed by atoms with Crippen LogP contribution in [0.5, 0.6) is 0 Å². The number of ether oxygens (including phenoxy) is 1. The smallest absolute Gasteiger partial charge is 0.212 e. The first-order valence-electron chi connectivity index (χ1n) is 3.81. The molecule has 12 heavy (non-hydrogen) atoms. The van der Waals surface area contributed by atoms with Gasteiger partial charge in [-0.1, -0.05) is 13.2 Å². The number of nitrogens with zero attached hydrogens (tertiary/aromatic N) is 1. The minimum Gasteiger partial charge on any atom is -0.478 e. The molecule has 0 aromatic carbocycles. The van der Waals surface area contributed by atoms with E-state index >= 15 is 0 Å². The summed E-state index contributed by atoms with van der Waals surface area (Å²) in [5.74, 6) is 0.455. The van der Waals surface area contributed by atoms with Gasteiger partial charge in [-0.2, -0.15) is 0 Å². The van der Waals surface area contributed by atoms with Crippen molar-refractivity contribution in [3.8, 4) is 0 Å². The van der Waals surface area contributed by atoms with Gasteiger partial charge in [0, 0.05) is 18.7 Å². The lowest BCUT2D eigenvalue weighted by atomic mass is 10.5. The van der Waals surface area contributed by atoms with Crippen LogP contribution in [0.15, 0.2) is 29.9 Å². The number of hydrogen-bond acceptors (Lipinski definition) is 3. The highest BCUT2D eigenvalue weighted by atomic mass is 16.5. The van der Waals surface area contributed by atoms with Gasteiger partial charge in [0.15, 0.2) is 0 Å². The molecule has 0 aliphatic heterocycles. The monoisotopic (exact) mass is 169 g/mol. The Hall–Kier alpha value is -1.09. The molecule has 68 valence electrons. The normalized spacial score (nSPS) is 11.0. The third-order valence-corrected chi connectivity index (χ3v) is 1.03. The molecule has 0 spiro atoms. The second-order valence-corrected chi connectivity index (χ2v) is 2.32. The number of aliphatic imine (C=N–C) groups is 1. The Kier molecular flexibility index (Phi) is 6.01. The maximum absolute atomic E-state index is 8.47. The van der Waals surface area contributed by atoms with Gasteiger partial charge in [-0.15, -0.1) is 0 Å². The zero-order valence-electron chi connectivity index (χ0n) is 7.42. The molecule has 0 heterocycles. The molecule has 0 aromatic heterocycles. The average molecular weight is 169 g/mol. The molecular weight excluding hydrogens is 154 g/mol. The van der Waals surface area contributed by atoms with Crippen molar-refractivity contribution in [3.63, 3.8) is 0 Å². The summed E-state index contributed by atoms with van der Waals surface area (Å²) in [4.78, 5) is 3.97. The van der Waals surface area contributed by atoms with Crippen molar-refractivity contribution >= 4 is 5.90 Å². The zero-order chi connectivity index (χ0) is 9.40. The first kappa shape index (κ1) is 10.9. The summed E-state index contributed by atoms with van der Waals surface area (Å²) in [6, 6.07) is 0. The third-order valence-electron chi connectivity index (χ3n) is 1.03. The molecule has 0 aromatic rings. The second-order valence-electron chi connectivity index (χ2n) is 2.32. The highest BCUT2D eigenvalue weighted by Crippen LogP contribution is 1.94. The largest absolute Gasteiger partial charge is 0.478 e. The van der Waals surface area contributed by atoms with Crippen LogP contribution < -0.4 is 0 Å². The van der Waals surface area contributed by atoms with E-state index in [9.17, 15) is 0 Å². The molecule has 0 amide bonds. The predicted octanol–water partition coefficient (Wildman–Crippen LogP) is 1.50. The van der Waals surface area contributed by atoms with Gasteiger partial charge in [0.2, 0.25) is 5.90 Å². The summed E-state index contributed by atoms with van der Waals surface area (Å²) < 4.78 is 5.15. The zero-order valence-corrected chi connectivity index (χ0v) is 7.42. The Balaban J connectivity index is 3.83. The van der Waals surface area contributed by atoms with E-state index in [1.54, 1.807) is 6.92 Å². The van der Waals surface area contributed by atoms with Gasteiger partial charge < -0.3 is 9.84 Å². The van der Waals surface area contributed by atoms with Crippen molar-refractivity contribution in [2.24, 2.45) is 4.99 Å². The van der Waals surface area contributed by atoms with Gasteiger partial charge in [-0.25, -0.2) is 4.99 Å². The molecule has 0 saturated heterocycles. The van der Waals surface area contributed by atoms with Crippen molar-refractivity contribution in [2.75, 3.05) is 13.2 Å². The molecule has 0 fully saturated rings. The first-order chi connectivity index (χ1) is 5.70. The quantitative estimate of drug-likeness (QED) is 0.385. The van der Waals surface area contributed by atoms with Crippen molar-refractivity contribution in [3.05, 3.63) is 24.9 Å². The van der Waals surface area contributed by atoms with Crippen molar-refractivity contribution in [2.45, 2.75) is 13.3 Å². The van der Waals surface area contributed by atoms with Gasteiger partial charge in [0.05, 0.1) is 6.61 Å². The Morgan fingerprint density at radius 1 is 1.67 bits per heavy atom. The van der Waals surface area contributed by atoms with Crippen LogP contribution >= 0.6 is 0 Å². The summed E-state index contributed by atoms with van der Waals surface area (Å²) in [7, 11) is 0. The van der Waals surface area contributed by atoms with E-state index in [2.05, 4.69) is 18.2 Å². The van der Waals surface area contributed by atoms with Crippen LogP contribution in [-0.4, -0.2) is 24.2 Å². The molecule has 3 nitrogen and oxygen atoms in total. The SMILES string of the molecule is C=CC(=NC(=C)C)OCCCO. The van der Waals surface area contributed by atoms with Crippen LogP contribution in [0.1, 0.15) is 13.3 Å². The molecule has 0 unspecified atom stereocenters. The van der Waals surface area contributed by atoms with Crippen LogP contribution in [0.4, 0.5) is 0 Å². The average Bonchev–Trinajstić information content (AvgIpc) is 2.02. The highest BCUT2D eigenvalue weighted by molar-refractivity contribution is 5.87. The van der Waals surface area contributed by atoms with E-state index in [-0.39, 0.29) is 6.61 Å². The van der Waals surface area contributed by atoms with E-state index in [1.165, 1.54) is 6.08 Å². The fourth-order valence-corrected chi connectivity index (χ4v) is 0.566. The van der Waals surface area contributed by atoms with Crippen molar-refractivity contribution in [1.29, 1.82) is 0 Å². The van der Waals surface area contributed by atoms with Crippen molar-refractivity contribution in [1.82, 2.24) is 0 Å². The van der Waals surface area contributed by atoms with E-state index in [0.29, 0.717) is 24.6 Å². The van der Waals surface area contributed by atoms with Crippen LogP contribution in [0.25, 0.3) is 0 Å². The minimum atomic E-state index is 0.123. The van der Waals surface area contributed by atoms with Gasteiger partial charge in [-0.3, -0.25) is 0 Å². The van der Waals surface area contributed by atoms with Gasteiger partial charge in [0.1, 0.15) is 0 Å². The summed E-state index contributed by atoms with van der Waals surface area (Å²) >= 11 is 0. The lowest BCUT2D eigenvalue weighted by Gasteiger charge is -2.03. The Morgan fingerprint density at radius 3 is 2.75 bits per heavy atom. The first-order valence-corrected chi connectivity index (χ1v) is 3.81. The highest BCUT2D eigenvalue weighted by Gasteiger charge is 1.93. The fraction of sp³-hybridized carbons (Fsp3) is 0.444. The maximum Gasteiger partial charge on any atom is 0.212 e. The number of allylic oxidation sites excluding steroid dienone is 1. The summed E-state index contributed by atoms with van der Waals surface area (Å²) in [5, 5.41) is 8.47. The molecule has 0 aliphatic carbocycles. The Morgan fingerprint density at radius 2 is 2.33 bits per heavy atom. The summed E-state index contributed by atoms with van der Waals surface area (Å²) in [5.41, 5.74) is 0.675. The molecule has 1 N–H and O–H groups in total. The van der Waals surface area contributed by atoms with Crippen LogP contribution in [-0.2, 0) is 4.74 Å². The third kappa shape index (κ3) is 5.68. The van der Waals surface area contributed by atoms with E-state index < -0.39 is 0 Å². The van der Waals surface area contributed by atoms with E-state index in [1.807, 2.05) is 0 Å². The van der Waals surface area contributed by atoms with Crippen LogP contribution in [0.2, 0.25) is 0 Å². The molecule has 0 atom stereocenters. The topological polar surface area (TPSA) is 41.8 Å². The number of rotatable bonds is 5. The van der Waals surface area contributed by atoms with Crippen LogP contribution in [0.3, 0.4) is 0 Å². The predicted molar refractivity (Wildman–Crippen MR) is 50.1 cm³/mol. The Bertz CT molecular complexity index is 185. The minimum absolute atomic E-state index is 0.123. The van der Waals surface area contributed by atoms with Gasteiger partial charge in [-0.05, 0) is 13.0 Å². The summed E-state index contributed by atoms with van der Waals surface area (Å²) in [6.45, 7) is 9.49. The standard InChI is InChI=1S/C9H15NO2/c1-4-9(10-8(2)3)12-7-5-6-11/h4,11H,1-2,5-7H2,3H3. The number of hydrogen-bond donors (Lipinski definition) is 1. The Labute approximate surface area is 73.1 Å². The lowest BCUT2D eigenvalue weighted by Crippen LogP contribution is -2.04. The molecule has 0 aliphatic rings. The van der Waals surface area contributed by atoms with Crippen molar-refractivity contribution < 1.29 is 9.84 Å². The molecular formula is C9H15NO2. The second kappa shape index (κ2) is 6.61.